The van der Waals surface area contributed by atoms with Crippen molar-refractivity contribution in [2.24, 2.45) is 17.6 Å². The van der Waals surface area contributed by atoms with Gasteiger partial charge in [0.25, 0.3) is 0 Å². The van der Waals surface area contributed by atoms with E-state index in [9.17, 15) is 0 Å². The average molecular weight is 336 g/mol. The lowest BCUT2D eigenvalue weighted by molar-refractivity contribution is 0.498. The highest BCUT2D eigenvalue weighted by Gasteiger charge is 2.29. The molecule has 1 unspecified atom stereocenters. The molecule has 1 aromatic carbocycles. The second-order valence-corrected chi connectivity index (χ2v) is 6.61. The largest absolute Gasteiger partial charge is 0.370 e. The summed E-state index contributed by atoms with van der Waals surface area (Å²) in [4.78, 5) is 4.38. The van der Waals surface area contributed by atoms with Gasteiger partial charge in [0.05, 0.1) is 0 Å². The van der Waals surface area contributed by atoms with Crippen LogP contribution in [-0.2, 0) is 0 Å². The third kappa shape index (κ3) is 3.72. The maximum Gasteiger partial charge on any atom is 0.126 e. The number of aromatic nitrogens is 1. The summed E-state index contributed by atoms with van der Waals surface area (Å²) in [5.41, 5.74) is 7.82. The van der Waals surface area contributed by atoms with Crippen LogP contribution in [0, 0.1) is 11.8 Å². The van der Waals surface area contributed by atoms with Crippen LogP contribution in [0.3, 0.4) is 0 Å². The van der Waals surface area contributed by atoms with Crippen molar-refractivity contribution in [3.05, 3.63) is 46.6 Å². The Labute approximate surface area is 140 Å². The molecule has 1 aliphatic carbocycles. The third-order valence-electron chi connectivity index (χ3n) is 4.14. The van der Waals surface area contributed by atoms with Crippen LogP contribution in [0.25, 0.3) is 11.1 Å². The van der Waals surface area contributed by atoms with Gasteiger partial charge in [-0.3, -0.25) is 0 Å². The number of nitrogens with zero attached hydrogens (tertiary/aromatic N) is 1. The van der Waals surface area contributed by atoms with Crippen molar-refractivity contribution < 1.29 is 0 Å². The predicted molar refractivity (Wildman–Crippen MR) is 93.5 cm³/mol. The molecule has 0 saturated heterocycles. The first kappa shape index (κ1) is 15.6. The van der Waals surface area contributed by atoms with Gasteiger partial charge in [-0.2, -0.15) is 0 Å². The lowest BCUT2D eigenvalue weighted by Gasteiger charge is -2.15. The fourth-order valence-corrected chi connectivity index (χ4v) is 3.18. The molecule has 3 nitrogen and oxygen atoms in total. The molecule has 3 N–H and O–H groups in total. The van der Waals surface area contributed by atoms with Gasteiger partial charge in [-0.25, -0.2) is 4.98 Å². The number of nitrogens with two attached hydrogens (primary N) is 1. The van der Waals surface area contributed by atoms with Crippen LogP contribution in [-0.4, -0.2) is 18.1 Å². The van der Waals surface area contributed by atoms with Gasteiger partial charge in [0.15, 0.2) is 0 Å². The fourth-order valence-electron chi connectivity index (χ4n) is 2.66. The molecule has 0 aliphatic heterocycles. The van der Waals surface area contributed by atoms with E-state index in [0.29, 0.717) is 16.0 Å². The van der Waals surface area contributed by atoms with Gasteiger partial charge in [-0.1, -0.05) is 29.3 Å². The van der Waals surface area contributed by atoms with Crippen LogP contribution in [0.2, 0.25) is 10.0 Å². The Morgan fingerprint density at radius 3 is 2.73 bits per heavy atom. The van der Waals surface area contributed by atoms with Crippen molar-refractivity contribution in [1.82, 2.24) is 4.98 Å². The van der Waals surface area contributed by atoms with Gasteiger partial charge in [0.2, 0.25) is 0 Å². The van der Waals surface area contributed by atoms with Crippen molar-refractivity contribution in [3.8, 4) is 11.1 Å². The standard InChI is InChI=1S/C17H19Cl2N3/c18-14-3-4-15(16(19)8-14)12-5-6-21-17(7-12)22-10-13(9-20)11-1-2-11/h3-8,11,13H,1-2,9-10,20H2,(H,21,22). The van der Waals surface area contributed by atoms with Gasteiger partial charge in [-0.15, -0.1) is 0 Å². The summed E-state index contributed by atoms with van der Waals surface area (Å²) < 4.78 is 0. The van der Waals surface area contributed by atoms with Crippen LogP contribution in [0.4, 0.5) is 5.82 Å². The first-order chi connectivity index (χ1) is 10.7. The highest BCUT2D eigenvalue weighted by atomic mass is 35.5. The molecule has 1 fully saturated rings. The Balaban J connectivity index is 1.74. The highest BCUT2D eigenvalue weighted by molar-refractivity contribution is 6.36. The minimum absolute atomic E-state index is 0.532. The molecule has 1 aromatic heterocycles. The van der Waals surface area contributed by atoms with Crippen molar-refractivity contribution in [1.29, 1.82) is 0 Å². The molecule has 22 heavy (non-hydrogen) atoms. The molecule has 0 radical (unpaired) electrons. The summed E-state index contributed by atoms with van der Waals surface area (Å²) in [6.07, 6.45) is 4.39. The van der Waals surface area contributed by atoms with Crippen LogP contribution in [0.1, 0.15) is 12.8 Å². The number of hydrogen-bond donors (Lipinski definition) is 2. The summed E-state index contributed by atoms with van der Waals surface area (Å²) in [6, 6.07) is 9.48. The molecule has 2 aromatic rings. The van der Waals surface area contributed by atoms with Gasteiger partial charge in [0.1, 0.15) is 5.82 Å². The number of nitrogens with one attached hydrogen (secondary N) is 1. The van der Waals surface area contributed by atoms with E-state index in [4.69, 9.17) is 28.9 Å². The zero-order chi connectivity index (χ0) is 15.5. The van der Waals surface area contributed by atoms with Crippen molar-refractivity contribution >= 4 is 29.0 Å². The average Bonchev–Trinajstić information content (AvgIpc) is 3.33. The van der Waals surface area contributed by atoms with Crippen molar-refractivity contribution in [2.75, 3.05) is 18.4 Å². The van der Waals surface area contributed by atoms with Gasteiger partial charge < -0.3 is 11.1 Å². The molecule has 0 bridgehead atoms. The lowest BCUT2D eigenvalue weighted by atomic mass is 10.0. The van der Waals surface area contributed by atoms with E-state index < -0.39 is 0 Å². The third-order valence-corrected chi connectivity index (χ3v) is 4.69. The molecule has 0 spiro atoms. The molecule has 1 saturated carbocycles. The quantitative estimate of drug-likeness (QED) is 0.819. The van der Waals surface area contributed by atoms with Gasteiger partial charge in [-0.05, 0) is 61.1 Å². The van der Waals surface area contributed by atoms with E-state index in [0.717, 1.165) is 36.0 Å². The molecule has 5 heteroatoms. The maximum absolute atomic E-state index is 6.27. The molecule has 0 amide bonds. The number of hydrogen-bond acceptors (Lipinski definition) is 3. The Bertz CT molecular complexity index is 656. The number of halogens is 2. The molecular weight excluding hydrogens is 317 g/mol. The molecule has 116 valence electrons. The summed E-state index contributed by atoms with van der Waals surface area (Å²) in [6.45, 7) is 1.59. The Hall–Kier alpha value is -1.29. The summed E-state index contributed by atoms with van der Waals surface area (Å²) in [5, 5.41) is 4.67. The zero-order valence-electron chi connectivity index (χ0n) is 12.2. The van der Waals surface area contributed by atoms with E-state index in [-0.39, 0.29) is 0 Å². The van der Waals surface area contributed by atoms with E-state index in [2.05, 4.69) is 10.3 Å². The number of rotatable bonds is 6. The van der Waals surface area contributed by atoms with Crippen LogP contribution >= 0.6 is 23.2 Å². The van der Waals surface area contributed by atoms with Crippen LogP contribution in [0.5, 0.6) is 0 Å². The molecular formula is C17H19Cl2N3. The first-order valence-corrected chi connectivity index (χ1v) is 8.28. The monoisotopic (exact) mass is 335 g/mol. The fraction of sp³-hybridized carbons (Fsp3) is 0.353. The molecule has 1 aliphatic rings. The Kier molecular flexibility index (Phi) is 4.87. The minimum Gasteiger partial charge on any atom is -0.370 e. The molecule has 1 heterocycles. The zero-order valence-corrected chi connectivity index (χ0v) is 13.7. The van der Waals surface area contributed by atoms with E-state index in [1.54, 1.807) is 12.3 Å². The minimum atomic E-state index is 0.532. The topological polar surface area (TPSA) is 50.9 Å². The van der Waals surface area contributed by atoms with E-state index >= 15 is 0 Å². The lowest BCUT2D eigenvalue weighted by Crippen LogP contribution is -2.24. The maximum atomic E-state index is 6.27. The van der Waals surface area contributed by atoms with E-state index in [1.165, 1.54) is 12.8 Å². The smallest absolute Gasteiger partial charge is 0.126 e. The second-order valence-electron chi connectivity index (χ2n) is 5.77. The first-order valence-electron chi connectivity index (χ1n) is 7.53. The number of pyridine rings is 1. The SMILES string of the molecule is NCC(CNc1cc(-c2ccc(Cl)cc2Cl)ccn1)C1CC1. The molecule has 1 atom stereocenters. The number of anilines is 1. The van der Waals surface area contributed by atoms with Gasteiger partial charge >= 0.3 is 0 Å². The summed E-state index contributed by atoms with van der Waals surface area (Å²) in [5.74, 6) is 2.17. The van der Waals surface area contributed by atoms with Crippen LogP contribution in [0.15, 0.2) is 36.5 Å². The van der Waals surface area contributed by atoms with Crippen molar-refractivity contribution in [2.45, 2.75) is 12.8 Å². The Morgan fingerprint density at radius 1 is 1.23 bits per heavy atom. The number of benzene rings is 1. The van der Waals surface area contributed by atoms with Crippen molar-refractivity contribution in [3.63, 3.8) is 0 Å². The summed E-state index contributed by atoms with van der Waals surface area (Å²) in [7, 11) is 0. The molecule has 3 rings (SSSR count). The van der Waals surface area contributed by atoms with Crippen LogP contribution < -0.4 is 11.1 Å². The summed E-state index contributed by atoms with van der Waals surface area (Å²) >= 11 is 12.2. The van der Waals surface area contributed by atoms with E-state index in [1.807, 2.05) is 24.3 Å². The normalized spacial score (nSPS) is 15.6. The predicted octanol–water partition coefficient (Wildman–Crippen LogP) is 4.45. The second kappa shape index (κ2) is 6.86. The Morgan fingerprint density at radius 2 is 2.05 bits per heavy atom. The highest BCUT2D eigenvalue weighted by Crippen LogP contribution is 2.36. The van der Waals surface area contributed by atoms with Gasteiger partial charge in [0, 0.05) is 28.4 Å².